The summed E-state index contributed by atoms with van der Waals surface area (Å²) in [6.07, 6.45) is 4.78. The Morgan fingerprint density at radius 3 is 2.48 bits per heavy atom. The fourth-order valence-electron chi connectivity index (χ4n) is 2.21. The normalized spacial score (nSPS) is 15.4. The molecule has 0 saturated heterocycles. The molecule has 21 heavy (non-hydrogen) atoms. The molecule has 0 saturated carbocycles. The van der Waals surface area contributed by atoms with Gasteiger partial charge in [-0.1, -0.05) is 38.3 Å². The summed E-state index contributed by atoms with van der Waals surface area (Å²) in [5, 5.41) is 0. The second-order valence-electron chi connectivity index (χ2n) is 5.67. The average molecular weight is 313 g/mol. The number of hydrogen-bond acceptors (Lipinski definition) is 3. The van der Waals surface area contributed by atoms with E-state index in [9.17, 15) is 9.46 Å². The van der Waals surface area contributed by atoms with E-state index in [0.29, 0.717) is 6.61 Å². The van der Waals surface area contributed by atoms with Gasteiger partial charge in [0.1, 0.15) is 5.75 Å². The van der Waals surface area contributed by atoms with Crippen molar-refractivity contribution in [2.24, 2.45) is 5.73 Å². The molecule has 0 bridgehead atoms. The maximum Gasteiger partial charge on any atom is 0.195 e. The SMILES string of the molecule is CCCCCC(COc1ccc(CC(C)N)cc1)[P@H](=O)O. The lowest BCUT2D eigenvalue weighted by Gasteiger charge is -2.15. The summed E-state index contributed by atoms with van der Waals surface area (Å²) in [6, 6.07) is 7.92. The van der Waals surface area contributed by atoms with Gasteiger partial charge in [0, 0.05) is 6.04 Å². The first-order chi connectivity index (χ1) is 10.0. The van der Waals surface area contributed by atoms with Crippen molar-refractivity contribution in [3.63, 3.8) is 0 Å². The Morgan fingerprint density at radius 2 is 1.95 bits per heavy atom. The zero-order valence-corrected chi connectivity index (χ0v) is 14.0. The number of unbranched alkanes of at least 4 members (excludes halogenated alkanes) is 2. The van der Waals surface area contributed by atoms with Crippen LogP contribution in [0.1, 0.15) is 45.1 Å². The number of hydrogen-bond donors (Lipinski definition) is 2. The molecule has 1 rings (SSSR count). The summed E-state index contributed by atoms with van der Waals surface area (Å²) in [4.78, 5) is 9.39. The van der Waals surface area contributed by atoms with Gasteiger partial charge < -0.3 is 15.4 Å². The maximum absolute atomic E-state index is 11.4. The van der Waals surface area contributed by atoms with Crippen molar-refractivity contribution in [1.82, 2.24) is 0 Å². The topological polar surface area (TPSA) is 72.5 Å². The lowest BCUT2D eigenvalue weighted by Crippen LogP contribution is -2.17. The van der Waals surface area contributed by atoms with Crippen LogP contribution in [0.25, 0.3) is 0 Å². The molecule has 4 nitrogen and oxygen atoms in total. The molecule has 0 amide bonds. The van der Waals surface area contributed by atoms with Crippen LogP contribution in [-0.2, 0) is 11.0 Å². The predicted molar refractivity (Wildman–Crippen MR) is 88.4 cm³/mol. The standard InChI is InChI=1S/C16H28NO3P/c1-3-4-5-6-16(21(18)19)12-20-15-9-7-14(8-10-15)11-13(2)17/h7-10,13,16,21H,3-6,11-12,17H2,1-2H3,(H,18,19). The number of nitrogens with two attached hydrogens (primary N) is 1. The molecule has 1 aromatic rings. The van der Waals surface area contributed by atoms with Gasteiger partial charge in [-0.15, -0.1) is 0 Å². The first kappa shape index (κ1) is 18.2. The van der Waals surface area contributed by atoms with Gasteiger partial charge in [0.05, 0.1) is 12.3 Å². The quantitative estimate of drug-likeness (QED) is 0.513. The summed E-state index contributed by atoms with van der Waals surface area (Å²) in [5.74, 6) is 0.743. The Morgan fingerprint density at radius 1 is 1.29 bits per heavy atom. The van der Waals surface area contributed by atoms with E-state index >= 15 is 0 Å². The molecule has 0 aromatic heterocycles. The highest BCUT2D eigenvalue weighted by Crippen LogP contribution is 2.28. The van der Waals surface area contributed by atoms with Crippen LogP contribution >= 0.6 is 8.03 Å². The molecule has 0 aliphatic heterocycles. The Kier molecular flexibility index (Phi) is 8.67. The van der Waals surface area contributed by atoms with Crippen molar-refractivity contribution in [1.29, 1.82) is 0 Å². The summed E-state index contributed by atoms with van der Waals surface area (Å²) in [7, 11) is -2.54. The molecule has 3 atom stereocenters. The lowest BCUT2D eigenvalue weighted by atomic mass is 10.1. The van der Waals surface area contributed by atoms with E-state index in [0.717, 1.165) is 37.9 Å². The van der Waals surface area contributed by atoms with Crippen LogP contribution in [0, 0.1) is 0 Å². The Balaban J connectivity index is 2.45. The highest BCUT2D eigenvalue weighted by Gasteiger charge is 2.15. The Bertz CT molecular complexity index is 420. The smallest absolute Gasteiger partial charge is 0.195 e. The molecule has 1 aromatic carbocycles. The van der Waals surface area contributed by atoms with E-state index in [1.54, 1.807) is 0 Å². The molecule has 120 valence electrons. The van der Waals surface area contributed by atoms with E-state index in [1.807, 2.05) is 31.2 Å². The molecular formula is C16H28NO3P. The van der Waals surface area contributed by atoms with Crippen molar-refractivity contribution in [3.05, 3.63) is 29.8 Å². The molecule has 0 spiro atoms. The van der Waals surface area contributed by atoms with Crippen LogP contribution in [0.4, 0.5) is 0 Å². The summed E-state index contributed by atoms with van der Waals surface area (Å²) < 4.78 is 17.0. The zero-order chi connectivity index (χ0) is 15.7. The minimum Gasteiger partial charge on any atom is -0.493 e. The van der Waals surface area contributed by atoms with Crippen molar-refractivity contribution < 1.29 is 14.2 Å². The van der Waals surface area contributed by atoms with E-state index in [-0.39, 0.29) is 11.7 Å². The van der Waals surface area contributed by atoms with Gasteiger partial charge in [-0.3, -0.25) is 4.57 Å². The monoisotopic (exact) mass is 313 g/mol. The Labute approximate surface area is 128 Å². The van der Waals surface area contributed by atoms with Gasteiger partial charge >= 0.3 is 0 Å². The third kappa shape index (κ3) is 7.66. The molecule has 0 aliphatic carbocycles. The first-order valence-corrected chi connectivity index (χ1v) is 9.16. The van der Waals surface area contributed by atoms with E-state index < -0.39 is 8.03 Å². The summed E-state index contributed by atoms with van der Waals surface area (Å²) in [5.41, 5.74) is 6.69. The van der Waals surface area contributed by atoms with Crippen molar-refractivity contribution in [2.75, 3.05) is 6.61 Å². The second-order valence-corrected chi connectivity index (χ2v) is 7.16. The zero-order valence-electron chi connectivity index (χ0n) is 13.0. The van der Waals surface area contributed by atoms with E-state index in [4.69, 9.17) is 10.5 Å². The van der Waals surface area contributed by atoms with Crippen LogP contribution in [-0.4, -0.2) is 23.2 Å². The summed E-state index contributed by atoms with van der Waals surface area (Å²) in [6.45, 7) is 4.41. The summed E-state index contributed by atoms with van der Waals surface area (Å²) >= 11 is 0. The van der Waals surface area contributed by atoms with Crippen LogP contribution in [0.3, 0.4) is 0 Å². The van der Waals surface area contributed by atoms with E-state index in [1.165, 1.54) is 5.56 Å². The van der Waals surface area contributed by atoms with Gasteiger partial charge in [0.2, 0.25) is 0 Å². The fourth-order valence-corrected chi connectivity index (χ4v) is 2.89. The number of rotatable bonds is 10. The van der Waals surface area contributed by atoms with Gasteiger partial charge in [-0.05, 0) is 37.5 Å². The third-order valence-electron chi connectivity index (χ3n) is 3.44. The minimum atomic E-state index is -2.54. The van der Waals surface area contributed by atoms with Gasteiger partial charge in [0.25, 0.3) is 0 Å². The largest absolute Gasteiger partial charge is 0.493 e. The number of benzene rings is 1. The third-order valence-corrected chi connectivity index (χ3v) is 4.59. The average Bonchev–Trinajstić information content (AvgIpc) is 2.43. The molecule has 0 radical (unpaired) electrons. The highest BCUT2D eigenvalue weighted by molar-refractivity contribution is 7.38. The number of ether oxygens (including phenoxy) is 1. The molecule has 2 unspecified atom stereocenters. The van der Waals surface area contributed by atoms with Crippen LogP contribution in [0.15, 0.2) is 24.3 Å². The van der Waals surface area contributed by atoms with Crippen LogP contribution in [0.2, 0.25) is 0 Å². The van der Waals surface area contributed by atoms with Gasteiger partial charge in [0.15, 0.2) is 8.03 Å². The second kappa shape index (κ2) is 9.99. The van der Waals surface area contributed by atoms with Crippen LogP contribution in [0.5, 0.6) is 5.75 Å². The fraction of sp³-hybridized carbons (Fsp3) is 0.625. The Hall–Kier alpha value is -0.830. The van der Waals surface area contributed by atoms with Crippen molar-refractivity contribution in [2.45, 2.75) is 57.7 Å². The van der Waals surface area contributed by atoms with Crippen molar-refractivity contribution in [3.8, 4) is 5.75 Å². The molecule has 0 fully saturated rings. The van der Waals surface area contributed by atoms with Crippen LogP contribution < -0.4 is 10.5 Å². The molecule has 0 aliphatic rings. The molecular weight excluding hydrogens is 285 g/mol. The van der Waals surface area contributed by atoms with E-state index in [2.05, 4.69) is 6.92 Å². The molecule has 3 N–H and O–H groups in total. The highest BCUT2D eigenvalue weighted by atomic mass is 31.1. The predicted octanol–water partition coefficient (Wildman–Crippen LogP) is 3.37. The van der Waals surface area contributed by atoms with Crippen molar-refractivity contribution >= 4 is 8.03 Å². The minimum absolute atomic E-state index is 0.139. The first-order valence-electron chi connectivity index (χ1n) is 7.73. The molecule has 0 heterocycles. The van der Waals surface area contributed by atoms with Gasteiger partial charge in [-0.2, -0.15) is 0 Å². The van der Waals surface area contributed by atoms with Gasteiger partial charge in [-0.25, -0.2) is 0 Å². The maximum atomic E-state index is 11.4. The molecule has 5 heteroatoms. The lowest BCUT2D eigenvalue weighted by molar-refractivity contribution is 0.299.